The molecule has 0 spiro atoms. The van der Waals surface area contributed by atoms with E-state index in [2.05, 4.69) is 11.9 Å². The number of halogens is 1. The Hall–Kier alpha value is -1.81. The van der Waals surface area contributed by atoms with Gasteiger partial charge in [-0.05, 0) is 24.6 Å². The van der Waals surface area contributed by atoms with E-state index in [-0.39, 0.29) is 11.8 Å². The van der Waals surface area contributed by atoms with Gasteiger partial charge in [0.05, 0.1) is 10.7 Å². The summed E-state index contributed by atoms with van der Waals surface area (Å²) in [4.78, 5) is 25.2. The van der Waals surface area contributed by atoms with E-state index in [1.165, 1.54) is 0 Å². The third kappa shape index (κ3) is 2.96. The molecule has 19 heavy (non-hydrogen) atoms. The molecule has 1 aliphatic rings. The van der Waals surface area contributed by atoms with Crippen LogP contribution in [0.4, 0.5) is 5.69 Å². The van der Waals surface area contributed by atoms with Gasteiger partial charge in [0.25, 0.3) is 5.91 Å². The second-order valence-electron chi connectivity index (χ2n) is 4.31. The molecule has 100 valence electrons. The molecule has 2 rings (SSSR count). The molecule has 1 saturated heterocycles. The lowest BCUT2D eigenvalue weighted by Crippen LogP contribution is -2.26. The molecule has 1 aromatic rings. The van der Waals surface area contributed by atoms with Crippen LogP contribution in [-0.2, 0) is 4.79 Å². The molecule has 1 aromatic carbocycles. The van der Waals surface area contributed by atoms with Gasteiger partial charge in [0.2, 0.25) is 5.91 Å². The van der Waals surface area contributed by atoms with E-state index >= 15 is 0 Å². The third-order valence-electron chi connectivity index (χ3n) is 2.98. The number of anilines is 1. The van der Waals surface area contributed by atoms with Gasteiger partial charge in [-0.15, -0.1) is 6.58 Å². The van der Waals surface area contributed by atoms with E-state index < -0.39 is 0 Å². The Morgan fingerprint density at radius 3 is 2.95 bits per heavy atom. The van der Waals surface area contributed by atoms with E-state index in [0.29, 0.717) is 35.8 Å². The third-order valence-corrected chi connectivity index (χ3v) is 3.30. The van der Waals surface area contributed by atoms with Gasteiger partial charge in [-0.2, -0.15) is 0 Å². The van der Waals surface area contributed by atoms with Crippen LogP contribution in [0, 0.1) is 0 Å². The number of carbonyl (C=O) groups excluding carboxylic acids is 2. The van der Waals surface area contributed by atoms with Gasteiger partial charge in [0.1, 0.15) is 0 Å². The zero-order chi connectivity index (χ0) is 13.8. The Balaban J connectivity index is 2.26. The number of amides is 2. The van der Waals surface area contributed by atoms with E-state index in [1.807, 2.05) is 0 Å². The van der Waals surface area contributed by atoms with Crippen molar-refractivity contribution in [3.63, 3.8) is 0 Å². The van der Waals surface area contributed by atoms with Gasteiger partial charge in [-0.3, -0.25) is 9.59 Å². The van der Waals surface area contributed by atoms with Crippen LogP contribution < -0.4 is 10.2 Å². The molecule has 0 saturated carbocycles. The second kappa shape index (κ2) is 5.89. The van der Waals surface area contributed by atoms with Crippen molar-refractivity contribution < 1.29 is 9.59 Å². The number of hydrogen-bond donors (Lipinski definition) is 1. The summed E-state index contributed by atoms with van der Waals surface area (Å²) in [6.07, 6.45) is 2.96. The summed E-state index contributed by atoms with van der Waals surface area (Å²) < 4.78 is 0. The highest BCUT2D eigenvalue weighted by Crippen LogP contribution is 2.30. The van der Waals surface area contributed by atoms with Crippen molar-refractivity contribution >= 4 is 29.1 Å². The number of nitrogens with zero attached hydrogens (tertiary/aromatic N) is 1. The zero-order valence-electron chi connectivity index (χ0n) is 10.5. The van der Waals surface area contributed by atoms with Crippen LogP contribution in [0.25, 0.3) is 0 Å². The Morgan fingerprint density at radius 1 is 1.53 bits per heavy atom. The maximum atomic E-state index is 11.9. The molecule has 0 aromatic heterocycles. The van der Waals surface area contributed by atoms with E-state index in [0.717, 1.165) is 6.42 Å². The first-order chi connectivity index (χ1) is 9.13. The number of benzene rings is 1. The molecule has 0 aliphatic carbocycles. The highest BCUT2D eigenvalue weighted by molar-refractivity contribution is 6.34. The van der Waals surface area contributed by atoms with Crippen LogP contribution >= 0.6 is 11.6 Å². The monoisotopic (exact) mass is 278 g/mol. The Labute approximate surface area is 117 Å². The summed E-state index contributed by atoms with van der Waals surface area (Å²) in [6.45, 7) is 4.59. The second-order valence-corrected chi connectivity index (χ2v) is 4.72. The number of carbonyl (C=O) groups is 2. The van der Waals surface area contributed by atoms with Crippen molar-refractivity contribution in [2.24, 2.45) is 0 Å². The fraction of sp³-hybridized carbons (Fsp3) is 0.286. The van der Waals surface area contributed by atoms with Crippen LogP contribution in [0.5, 0.6) is 0 Å². The van der Waals surface area contributed by atoms with Crippen molar-refractivity contribution in [3.8, 4) is 0 Å². The molecule has 1 N–H and O–H groups in total. The smallest absolute Gasteiger partial charge is 0.251 e. The van der Waals surface area contributed by atoms with E-state index in [4.69, 9.17) is 11.6 Å². The summed E-state index contributed by atoms with van der Waals surface area (Å²) in [7, 11) is 0. The Morgan fingerprint density at radius 2 is 2.32 bits per heavy atom. The Kier molecular flexibility index (Phi) is 4.22. The molecule has 1 aliphatic heterocycles. The summed E-state index contributed by atoms with van der Waals surface area (Å²) in [6, 6.07) is 4.94. The molecule has 0 atom stereocenters. The molecule has 5 heteroatoms. The van der Waals surface area contributed by atoms with E-state index in [1.54, 1.807) is 29.2 Å². The average molecular weight is 279 g/mol. The van der Waals surface area contributed by atoms with Gasteiger partial charge in [-0.1, -0.05) is 17.7 Å². The summed E-state index contributed by atoms with van der Waals surface area (Å²) in [5.74, 6) is -0.157. The van der Waals surface area contributed by atoms with Crippen LogP contribution in [-0.4, -0.2) is 24.9 Å². The van der Waals surface area contributed by atoms with Gasteiger partial charge in [0, 0.05) is 25.1 Å². The minimum atomic E-state index is -0.204. The fourth-order valence-corrected chi connectivity index (χ4v) is 2.25. The predicted molar refractivity (Wildman–Crippen MR) is 75.6 cm³/mol. The summed E-state index contributed by atoms with van der Waals surface area (Å²) >= 11 is 6.11. The summed E-state index contributed by atoms with van der Waals surface area (Å²) in [5, 5.41) is 3.18. The average Bonchev–Trinajstić information content (AvgIpc) is 2.82. The van der Waals surface area contributed by atoms with Crippen molar-refractivity contribution in [2.75, 3.05) is 18.0 Å². The molecule has 2 amide bonds. The molecule has 1 fully saturated rings. The van der Waals surface area contributed by atoms with Gasteiger partial charge in [-0.25, -0.2) is 0 Å². The number of rotatable bonds is 4. The Bertz CT molecular complexity index is 528. The number of nitrogens with one attached hydrogen (secondary N) is 1. The van der Waals surface area contributed by atoms with Crippen LogP contribution in [0.15, 0.2) is 30.9 Å². The highest BCUT2D eigenvalue weighted by atomic mass is 35.5. The molecular formula is C14H15ClN2O2. The normalized spacial score (nSPS) is 14.6. The van der Waals surface area contributed by atoms with Crippen LogP contribution in [0.2, 0.25) is 5.02 Å². The van der Waals surface area contributed by atoms with Crippen molar-refractivity contribution in [3.05, 3.63) is 41.4 Å². The van der Waals surface area contributed by atoms with Gasteiger partial charge < -0.3 is 10.2 Å². The first kappa shape index (κ1) is 13.6. The molecule has 0 unspecified atom stereocenters. The molecule has 1 heterocycles. The minimum Gasteiger partial charge on any atom is -0.349 e. The van der Waals surface area contributed by atoms with Crippen molar-refractivity contribution in [1.82, 2.24) is 5.32 Å². The fourth-order valence-electron chi connectivity index (χ4n) is 2.03. The lowest BCUT2D eigenvalue weighted by Gasteiger charge is -2.18. The lowest BCUT2D eigenvalue weighted by atomic mass is 10.1. The predicted octanol–water partition coefficient (Wildman–Crippen LogP) is 2.38. The van der Waals surface area contributed by atoms with Crippen LogP contribution in [0.1, 0.15) is 23.2 Å². The molecule has 0 radical (unpaired) electrons. The molecular weight excluding hydrogens is 264 g/mol. The van der Waals surface area contributed by atoms with Gasteiger partial charge >= 0.3 is 0 Å². The van der Waals surface area contributed by atoms with Crippen LogP contribution in [0.3, 0.4) is 0 Å². The first-order valence-electron chi connectivity index (χ1n) is 6.12. The molecule has 4 nitrogen and oxygen atoms in total. The largest absolute Gasteiger partial charge is 0.349 e. The minimum absolute atomic E-state index is 0.0468. The standard InChI is InChI=1S/C14H15ClN2O2/c1-2-7-16-14(19)10-5-6-11(15)12(9-10)17-8-3-4-13(17)18/h2,5-6,9H,1,3-4,7-8H2,(H,16,19). The molecule has 0 bridgehead atoms. The van der Waals surface area contributed by atoms with Gasteiger partial charge in [0.15, 0.2) is 0 Å². The highest BCUT2D eigenvalue weighted by Gasteiger charge is 2.24. The quantitative estimate of drug-likeness (QED) is 0.860. The SMILES string of the molecule is C=CCNC(=O)c1ccc(Cl)c(N2CCCC2=O)c1. The topological polar surface area (TPSA) is 49.4 Å². The maximum Gasteiger partial charge on any atom is 0.251 e. The first-order valence-corrected chi connectivity index (χ1v) is 6.50. The number of hydrogen-bond acceptors (Lipinski definition) is 2. The van der Waals surface area contributed by atoms with Crippen molar-refractivity contribution in [1.29, 1.82) is 0 Å². The summed E-state index contributed by atoms with van der Waals surface area (Å²) in [5.41, 5.74) is 1.09. The lowest BCUT2D eigenvalue weighted by molar-refractivity contribution is -0.117. The van der Waals surface area contributed by atoms with Crippen molar-refractivity contribution in [2.45, 2.75) is 12.8 Å². The van der Waals surface area contributed by atoms with E-state index in [9.17, 15) is 9.59 Å². The maximum absolute atomic E-state index is 11.9. The zero-order valence-corrected chi connectivity index (χ0v) is 11.2.